The van der Waals surface area contributed by atoms with E-state index in [0.717, 1.165) is 18.2 Å². The van der Waals surface area contributed by atoms with Crippen molar-refractivity contribution < 1.29 is 31.1 Å². The second kappa shape index (κ2) is 7.38. The molecule has 0 radical (unpaired) electrons. The predicted molar refractivity (Wildman–Crippen MR) is 82.6 cm³/mol. The summed E-state index contributed by atoms with van der Waals surface area (Å²) >= 11 is 0.439. The summed E-state index contributed by atoms with van der Waals surface area (Å²) in [6, 6.07) is 9.79. The van der Waals surface area contributed by atoms with Gasteiger partial charge in [0.15, 0.2) is 0 Å². The van der Waals surface area contributed by atoms with Gasteiger partial charge in [0, 0.05) is 4.90 Å². The molecule has 2 rings (SSSR count). The minimum absolute atomic E-state index is 0.0127. The number of anilines is 1. The first-order chi connectivity index (χ1) is 11.6. The Morgan fingerprint density at radius 1 is 0.920 bits per heavy atom. The number of rotatable bonds is 4. The topological polar surface area (TPSA) is 29.1 Å². The lowest BCUT2D eigenvalue weighted by molar-refractivity contribution is -0.137. The van der Waals surface area contributed by atoms with E-state index in [9.17, 15) is 31.1 Å². The van der Waals surface area contributed by atoms with Gasteiger partial charge in [-0.25, -0.2) is 0 Å². The summed E-state index contributed by atoms with van der Waals surface area (Å²) in [5, 5.41) is 2.25. The highest BCUT2D eigenvalue weighted by Gasteiger charge is 2.35. The first kappa shape index (κ1) is 19.2. The summed E-state index contributed by atoms with van der Waals surface area (Å²) < 4.78 is 76.0. The molecule has 0 unspecified atom stereocenters. The molecule has 0 atom stereocenters. The van der Waals surface area contributed by atoms with Crippen LogP contribution in [0.25, 0.3) is 0 Å². The minimum atomic E-state index is -4.72. The Hall–Kier alpha value is -2.16. The zero-order valence-electron chi connectivity index (χ0n) is 12.4. The minimum Gasteiger partial charge on any atom is -0.321 e. The Bertz CT molecular complexity index is 757. The van der Waals surface area contributed by atoms with Crippen LogP contribution >= 0.6 is 11.8 Å². The number of carbonyl (C=O) groups excluding carboxylic acids is 1. The number of amides is 1. The molecule has 0 saturated heterocycles. The maximum atomic E-state index is 13.0. The summed E-state index contributed by atoms with van der Waals surface area (Å²) in [5.41, 5.74) is -1.71. The van der Waals surface area contributed by atoms with E-state index in [-0.39, 0.29) is 10.6 Å². The van der Waals surface area contributed by atoms with Gasteiger partial charge >= 0.3 is 12.4 Å². The van der Waals surface area contributed by atoms with Crippen molar-refractivity contribution in [3.63, 3.8) is 0 Å². The Morgan fingerprint density at radius 3 is 2.16 bits per heavy atom. The van der Waals surface area contributed by atoms with Gasteiger partial charge < -0.3 is 5.32 Å². The van der Waals surface area contributed by atoms with Gasteiger partial charge in [-0.05, 0) is 24.3 Å². The number of alkyl halides is 6. The average Bonchev–Trinajstić information content (AvgIpc) is 2.52. The maximum absolute atomic E-state index is 13.0. The van der Waals surface area contributed by atoms with E-state index in [0.29, 0.717) is 11.8 Å². The fourth-order valence-electron chi connectivity index (χ4n) is 1.97. The SMILES string of the molecule is O=C(Nc1ccccc1SCC(F)(F)F)c1ccccc1C(F)(F)F. The first-order valence-corrected chi connectivity index (χ1v) is 7.82. The van der Waals surface area contributed by atoms with E-state index < -0.39 is 35.1 Å². The number of thioether (sulfide) groups is 1. The number of nitrogens with one attached hydrogen (secondary N) is 1. The normalized spacial score (nSPS) is 12.1. The van der Waals surface area contributed by atoms with Crippen molar-refractivity contribution >= 4 is 23.4 Å². The fourth-order valence-corrected chi connectivity index (χ4v) is 2.74. The van der Waals surface area contributed by atoms with Gasteiger partial charge in [0.05, 0.1) is 22.6 Å². The molecular formula is C16H11F6NOS. The van der Waals surface area contributed by atoms with Gasteiger partial charge in [0.2, 0.25) is 0 Å². The van der Waals surface area contributed by atoms with Gasteiger partial charge in [-0.2, -0.15) is 26.3 Å². The van der Waals surface area contributed by atoms with E-state index in [1.165, 1.54) is 30.3 Å². The van der Waals surface area contributed by atoms with Gasteiger partial charge in [-0.3, -0.25) is 4.79 Å². The number of hydrogen-bond acceptors (Lipinski definition) is 2. The summed E-state index contributed by atoms with van der Waals surface area (Å²) in [6.45, 7) is 0. The van der Waals surface area contributed by atoms with Crippen molar-refractivity contribution in [3.05, 3.63) is 59.7 Å². The quantitative estimate of drug-likeness (QED) is 0.552. The van der Waals surface area contributed by atoms with Crippen LogP contribution in [0.2, 0.25) is 0 Å². The largest absolute Gasteiger partial charge is 0.417 e. The second-order valence-electron chi connectivity index (χ2n) is 4.90. The number of para-hydroxylation sites is 1. The molecule has 0 aliphatic carbocycles. The molecule has 134 valence electrons. The lowest BCUT2D eigenvalue weighted by atomic mass is 10.1. The highest BCUT2D eigenvalue weighted by Crippen LogP contribution is 2.34. The van der Waals surface area contributed by atoms with Crippen molar-refractivity contribution in [2.45, 2.75) is 17.2 Å². The average molecular weight is 379 g/mol. The Balaban J connectivity index is 2.25. The molecule has 1 amide bonds. The molecule has 2 aromatic rings. The second-order valence-corrected chi connectivity index (χ2v) is 5.91. The van der Waals surface area contributed by atoms with E-state index in [1.807, 2.05) is 0 Å². The maximum Gasteiger partial charge on any atom is 0.417 e. The van der Waals surface area contributed by atoms with Crippen LogP contribution < -0.4 is 5.32 Å². The summed E-state index contributed by atoms with van der Waals surface area (Å²) in [7, 11) is 0. The highest BCUT2D eigenvalue weighted by atomic mass is 32.2. The number of halogens is 6. The predicted octanol–water partition coefficient (Wildman–Crippen LogP) is 5.61. The van der Waals surface area contributed by atoms with E-state index in [4.69, 9.17) is 0 Å². The molecule has 0 bridgehead atoms. The summed E-state index contributed by atoms with van der Waals surface area (Å²) in [4.78, 5) is 12.3. The third-order valence-electron chi connectivity index (χ3n) is 3.00. The molecule has 9 heteroatoms. The molecule has 0 aliphatic rings. The van der Waals surface area contributed by atoms with Crippen LogP contribution in [0.1, 0.15) is 15.9 Å². The monoisotopic (exact) mass is 379 g/mol. The van der Waals surface area contributed by atoms with Gasteiger partial charge in [0.25, 0.3) is 5.91 Å². The molecule has 0 aliphatic heterocycles. The molecule has 0 spiro atoms. The zero-order chi connectivity index (χ0) is 18.7. The molecule has 1 N–H and O–H groups in total. The van der Waals surface area contributed by atoms with Gasteiger partial charge in [0.1, 0.15) is 0 Å². The van der Waals surface area contributed by atoms with Crippen LogP contribution in [-0.4, -0.2) is 17.8 Å². The zero-order valence-corrected chi connectivity index (χ0v) is 13.2. The van der Waals surface area contributed by atoms with E-state index in [1.54, 1.807) is 0 Å². The molecular weight excluding hydrogens is 368 g/mol. The number of hydrogen-bond donors (Lipinski definition) is 1. The van der Waals surface area contributed by atoms with E-state index >= 15 is 0 Å². The van der Waals surface area contributed by atoms with E-state index in [2.05, 4.69) is 5.32 Å². The number of benzene rings is 2. The lowest BCUT2D eigenvalue weighted by Crippen LogP contribution is -2.19. The van der Waals surface area contributed by atoms with Crippen LogP contribution in [0.15, 0.2) is 53.4 Å². The van der Waals surface area contributed by atoms with Crippen LogP contribution in [0.3, 0.4) is 0 Å². The molecule has 0 heterocycles. The summed E-state index contributed by atoms with van der Waals surface area (Å²) in [6.07, 6.45) is -9.14. The van der Waals surface area contributed by atoms with Gasteiger partial charge in [-0.1, -0.05) is 24.3 Å². The Labute approximate surface area is 143 Å². The fraction of sp³-hybridized carbons (Fsp3) is 0.188. The molecule has 25 heavy (non-hydrogen) atoms. The molecule has 0 aromatic heterocycles. The molecule has 2 nitrogen and oxygen atoms in total. The molecule has 0 fully saturated rings. The molecule has 2 aromatic carbocycles. The third kappa shape index (κ3) is 5.42. The van der Waals surface area contributed by atoms with Crippen LogP contribution in [0, 0.1) is 0 Å². The Morgan fingerprint density at radius 2 is 1.52 bits per heavy atom. The first-order valence-electron chi connectivity index (χ1n) is 6.84. The third-order valence-corrected chi connectivity index (χ3v) is 4.14. The molecule has 0 saturated carbocycles. The summed E-state index contributed by atoms with van der Waals surface area (Å²) in [5.74, 6) is -2.23. The lowest BCUT2D eigenvalue weighted by Gasteiger charge is -2.15. The standard InChI is InChI=1S/C16H11F6NOS/c17-15(18,19)9-25-13-8-4-3-7-12(13)23-14(24)10-5-1-2-6-11(10)16(20,21)22/h1-8H,9H2,(H,23,24). The van der Waals surface area contributed by atoms with Crippen LogP contribution in [0.5, 0.6) is 0 Å². The van der Waals surface area contributed by atoms with Crippen molar-refractivity contribution in [1.82, 2.24) is 0 Å². The van der Waals surface area contributed by atoms with Gasteiger partial charge in [-0.15, -0.1) is 11.8 Å². The Kier molecular flexibility index (Phi) is 5.66. The highest BCUT2D eigenvalue weighted by molar-refractivity contribution is 7.99. The van der Waals surface area contributed by atoms with Crippen LogP contribution in [-0.2, 0) is 6.18 Å². The van der Waals surface area contributed by atoms with Crippen molar-refractivity contribution in [3.8, 4) is 0 Å². The smallest absolute Gasteiger partial charge is 0.321 e. The number of carbonyl (C=O) groups is 1. The van der Waals surface area contributed by atoms with Crippen molar-refractivity contribution in [2.24, 2.45) is 0 Å². The van der Waals surface area contributed by atoms with Crippen molar-refractivity contribution in [2.75, 3.05) is 11.1 Å². The van der Waals surface area contributed by atoms with Crippen molar-refractivity contribution in [1.29, 1.82) is 0 Å². The van der Waals surface area contributed by atoms with Crippen LogP contribution in [0.4, 0.5) is 32.0 Å².